The van der Waals surface area contributed by atoms with Crippen LogP contribution in [0.25, 0.3) is 17.1 Å². The third-order valence-corrected chi connectivity index (χ3v) is 4.04. The number of furan rings is 1. The van der Waals surface area contributed by atoms with E-state index in [4.69, 9.17) is 13.9 Å². The van der Waals surface area contributed by atoms with Crippen LogP contribution in [0.5, 0.6) is 11.5 Å². The minimum Gasteiger partial charge on any atom is -0.460 e. The zero-order chi connectivity index (χ0) is 16.8. The molecule has 0 saturated carbocycles. The Morgan fingerprint density at radius 1 is 1.12 bits per heavy atom. The summed E-state index contributed by atoms with van der Waals surface area (Å²) in [6.07, 6.45) is 5.29. The molecule has 0 radical (unpaired) electrons. The fourth-order valence-corrected chi connectivity index (χ4v) is 2.87. The van der Waals surface area contributed by atoms with E-state index >= 15 is 0 Å². The number of benzene rings is 1. The van der Waals surface area contributed by atoms with Gasteiger partial charge in [-0.05, 0) is 31.2 Å². The summed E-state index contributed by atoms with van der Waals surface area (Å²) in [7, 11) is 0. The van der Waals surface area contributed by atoms with E-state index < -0.39 is 0 Å². The number of anilines is 2. The first-order chi connectivity index (χ1) is 12.3. The molecule has 1 aliphatic heterocycles. The maximum atomic E-state index is 5.77. The Morgan fingerprint density at radius 2 is 2.04 bits per heavy atom. The van der Waals surface area contributed by atoms with E-state index in [1.165, 1.54) is 0 Å². The second-order valence-electron chi connectivity index (χ2n) is 5.72. The summed E-state index contributed by atoms with van der Waals surface area (Å²) in [5.74, 6) is 3.79. The lowest BCUT2D eigenvalue weighted by Crippen LogP contribution is -1.97. The Morgan fingerprint density at radius 3 is 2.92 bits per heavy atom. The average Bonchev–Trinajstić information content (AvgIpc) is 3.33. The number of fused-ring (bicyclic) bond motifs is 2. The number of rotatable bonds is 3. The van der Waals surface area contributed by atoms with Crippen LogP contribution >= 0.6 is 0 Å². The molecule has 0 fully saturated rings. The van der Waals surface area contributed by atoms with Crippen molar-refractivity contribution in [1.29, 1.82) is 0 Å². The molecule has 1 N–H and O–H groups in total. The van der Waals surface area contributed by atoms with E-state index in [1.54, 1.807) is 12.4 Å². The first-order valence-corrected chi connectivity index (χ1v) is 7.83. The maximum Gasteiger partial charge on any atom is 0.231 e. The second kappa shape index (κ2) is 5.27. The van der Waals surface area contributed by atoms with Crippen molar-refractivity contribution in [2.24, 2.45) is 0 Å². The fourth-order valence-electron chi connectivity index (χ4n) is 2.87. The van der Waals surface area contributed by atoms with Gasteiger partial charge < -0.3 is 19.2 Å². The van der Waals surface area contributed by atoms with E-state index in [0.717, 1.165) is 40.1 Å². The molecule has 0 aliphatic carbocycles. The normalized spacial score (nSPS) is 12.7. The first kappa shape index (κ1) is 13.9. The van der Waals surface area contributed by atoms with Gasteiger partial charge in [-0.1, -0.05) is 0 Å². The van der Waals surface area contributed by atoms with Crippen LogP contribution in [0.1, 0.15) is 5.76 Å². The molecule has 1 aromatic carbocycles. The summed E-state index contributed by atoms with van der Waals surface area (Å²) >= 11 is 0. The van der Waals surface area contributed by atoms with Gasteiger partial charge in [0.25, 0.3) is 0 Å². The second-order valence-corrected chi connectivity index (χ2v) is 5.72. The quantitative estimate of drug-likeness (QED) is 0.615. The summed E-state index contributed by atoms with van der Waals surface area (Å²) in [5, 5.41) is 3.41. The largest absolute Gasteiger partial charge is 0.460 e. The van der Waals surface area contributed by atoms with Crippen molar-refractivity contribution in [3.8, 4) is 23.0 Å². The average molecular weight is 334 g/mol. The number of hydrogen-bond acceptors (Lipinski definition) is 6. The van der Waals surface area contributed by atoms with E-state index in [1.807, 2.05) is 47.9 Å². The van der Waals surface area contributed by atoms with Crippen LogP contribution < -0.4 is 14.8 Å². The van der Waals surface area contributed by atoms with Gasteiger partial charge in [0.05, 0.1) is 6.20 Å². The molecule has 0 unspecified atom stereocenters. The topological polar surface area (TPSA) is 73.8 Å². The van der Waals surface area contributed by atoms with Gasteiger partial charge in [-0.25, -0.2) is 4.98 Å². The van der Waals surface area contributed by atoms with Crippen LogP contribution in [-0.4, -0.2) is 21.2 Å². The predicted octanol–water partition coefficient (Wildman–Crippen LogP) is 3.77. The first-order valence-electron chi connectivity index (χ1n) is 7.83. The minimum absolute atomic E-state index is 0.247. The highest BCUT2D eigenvalue weighted by Gasteiger charge is 2.19. The molecular weight excluding hydrogens is 320 g/mol. The molecule has 124 valence electrons. The number of imidazole rings is 1. The molecule has 0 bridgehead atoms. The summed E-state index contributed by atoms with van der Waals surface area (Å²) in [6.45, 7) is 2.16. The van der Waals surface area contributed by atoms with E-state index in [9.17, 15) is 0 Å². The SMILES string of the molecule is Cc1ccc(-c2nc3cnccn3c2Nc2ccc3c(c2)OCO3)o1. The van der Waals surface area contributed by atoms with E-state index in [-0.39, 0.29) is 6.79 Å². The smallest absolute Gasteiger partial charge is 0.231 e. The lowest BCUT2D eigenvalue weighted by Gasteiger charge is -2.08. The molecule has 0 atom stereocenters. The van der Waals surface area contributed by atoms with Crippen molar-refractivity contribution in [2.75, 3.05) is 12.1 Å². The third-order valence-electron chi connectivity index (χ3n) is 4.04. The van der Waals surface area contributed by atoms with Gasteiger partial charge in [-0.15, -0.1) is 0 Å². The molecular formula is C18H14N4O3. The lowest BCUT2D eigenvalue weighted by molar-refractivity contribution is 0.174. The van der Waals surface area contributed by atoms with Crippen molar-refractivity contribution in [3.63, 3.8) is 0 Å². The highest BCUT2D eigenvalue weighted by atomic mass is 16.7. The Balaban J connectivity index is 1.64. The Labute approximate surface area is 142 Å². The Kier molecular flexibility index (Phi) is 2.93. The molecule has 7 nitrogen and oxygen atoms in total. The highest BCUT2D eigenvalue weighted by molar-refractivity contribution is 5.77. The van der Waals surface area contributed by atoms with Crippen LogP contribution in [0.15, 0.2) is 53.3 Å². The standard InChI is InChI=1S/C18H14N4O3/c1-11-2-4-14(25-11)17-18(22-7-6-19-9-16(22)21-17)20-12-3-5-13-15(8-12)24-10-23-13/h2-9,20H,10H2,1H3. The van der Waals surface area contributed by atoms with Gasteiger partial charge >= 0.3 is 0 Å². The van der Waals surface area contributed by atoms with E-state index in [2.05, 4.69) is 15.3 Å². The van der Waals surface area contributed by atoms with Crippen LogP contribution in [-0.2, 0) is 0 Å². The van der Waals surface area contributed by atoms with Gasteiger partial charge in [0.1, 0.15) is 17.3 Å². The van der Waals surface area contributed by atoms with Crippen LogP contribution in [0, 0.1) is 6.92 Å². The highest BCUT2D eigenvalue weighted by Crippen LogP contribution is 2.37. The van der Waals surface area contributed by atoms with Crippen molar-refractivity contribution >= 4 is 17.2 Å². The molecule has 4 heterocycles. The number of hydrogen-bond donors (Lipinski definition) is 1. The molecule has 4 aromatic rings. The minimum atomic E-state index is 0.247. The predicted molar refractivity (Wildman–Crippen MR) is 91.3 cm³/mol. The number of aryl methyl sites for hydroxylation is 1. The van der Waals surface area contributed by atoms with Gasteiger partial charge in [0, 0.05) is 24.1 Å². The van der Waals surface area contributed by atoms with Crippen molar-refractivity contribution in [2.45, 2.75) is 6.92 Å². The number of ether oxygens (including phenoxy) is 2. The Hall–Kier alpha value is -3.48. The van der Waals surface area contributed by atoms with E-state index in [0.29, 0.717) is 5.76 Å². The van der Waals surface area contributed by atoms with Crippen LogP contribution in [0.3, 0.4) is 0 Å². The van der Waals surface area contributed by atoms with Gasteiger partial charge in [0.2, 0.25) is 6.79 Å². The van der Waals surface area contributed by atoms with Gasteiger partial charge in [-0.3, -0.25) is 9.38 Å². The summed E-state index contributed by atoms with van der Waals surface area (Å²) in [5.41, 5.74) is 2.32. The molecule has 0 spiro atoms. The summed E-state index contributed by atoms with van der Waals surface area (Å²) < 4.78 is 18.5. The molecule has 7 heteroatoms. The van der Waals surface area contributed by atoms with Crippen LogP contribution in [0.2, 0.25) is 0 Å². The lowest BCUT2D eigenvalue weighted by atomic mass is 10.2. The molecule has 25 heavy (non-hydrogen) atoms. The molecule has 1 aliphatic rings. The van der Waals surface area contributed by atoms with Crippen molar-refractivity contribution in [1.82, 2.24) is 14.4 Å². The van der Waals surface area contributed by atoms with Gasteiger partial charge in [-0.2, -0.15) is 0 Å². The maximum absolute atomic E-state index is 5.77. The molecule has 5 rings (SSSR count). The number of nitrogens with zero attached hydrogens (tertiary/aromatic N) is 3. The van der Waals surface area contributed by atoms with Gasteiger partial charge in [0.15, 0.2) is 22.9 Å². The molecule has 0 saturated heterocycles. The monoisotopic (exact) mass is 334 g/mol. The zero-order valence-electron chi connectivity index (χ0n) is 13.4. The molecule has 3 aromatic heterocycles. The Bertz CT molecular complexity index is 1080. The third kappa shape index (κ3) is 2.28. The number of nitrogens with one attached hydrogen (secondary N) is 1. The summed E-state index contributed by atoms with van der Waals surface area (Å²) in [6, 6.07) is 9.55. The zero-order valence-corrected chi connectivity index (χ0v) is 13.4. The van der Waals surface area contributed by atoms with Crippen LogP contribution in [0.4, 0.5) is 11.5 Å². The molecule has 0 amide bonds. The fraction of sp³-hybridized carbons (Fsp3) is 0.111. The van der Waals surface area contributed by atoms with Crippen molar-refractivity contribution in [3.05, 3.63) is 54.7 Å². The van der Waals surface area contributed by atoms with Crippen molar-refractivity contribution < 1.29 is 13.9 Å². The number of aromatic nitrogens is 3. The summed E-state index contributed by atoms with van der Waals surface area (Å²) in [4.78, 5) is 8.80.